The second-order valence-electron chi connectivity index (χ2n) is 6.26. The van der Waals surface area contributed by atoms with Gasteiger partial charge in [-0.2, -0.15) is 0 Å². The number of carbonyl (C=O) groups is 1. The highest BCUT2D eigenvalue weighted by Crippen LogP contribution is 2.33. The van der Waals surface area contributed by atoms with Crippen LogP contribution in [0.2, 0.25) is 5.54 Å². The average Bonchev–Trinajstić information content (AvgIpc) is 3.01. The Balaban J connectivity index is 2.80. The molecule has 0 aromatic carbocycles. The maximum atomic E-state index is 11.8. The van der Waals surface area contributed by atoms with Crippen molar-refractivity contribution in [3.05, 3.63) is 0 Å². The summed E-state index contributed by atoms with van der Waals surface area (Å²) in [5, 5.41) is 2.86. The summed E-state index contributed by atoms with van der Waals surface area (Å²) in [4.78, 5) is 13.6. The molecule has 1 fully saturated rings. The van der Waals surface area contributed by atoms with Gasteiger partial charge in [-0.1, -0.05) is 27.7 Å². The van der Waals surface area contributed by atoms with Gasteiger partial charge < -0.3 is 23.5 Å². The third kappa shape index (κ3) is 6.35. The first kappa shape index (κ1) is 21.4. The third-order valence-electron chi connectivity index (χ3n) is 4.21. The van der Waals surface area contributed by atoms with E-state index in [4.69, 9.17) is 13.3 Å². The standard InChI is InChI=1S/C17H36N2O4Si/c1-5-13-21-24(22-14-6-2,23-15-7-3)16(8-4)9-11-19-12-10-18-17(19)20/h16H,5-15H2,1-4H3,(H,18,20). The number of carbonyl (C=O) groups excluding carboxylic acids is 1. The molecule has 0 aromatic rings. The highest BCUT2D eigenvalue weighted by atomic mass is 28.4. The Hall–Kier alpha value is -0.633. The van der Waals surface area contributed by atoms with Crippen LogP contribution in [0, 0.1) is 0 Å². The van der Waals surface area contributed by atoms with Crippen LogP contribution >= 0.6 is 0 Å². The van der Waals surface area contributed by atoms with Gasteiger partial charge in [0.2, 0.25) is 0 Å². The van der Waals surface area contributed by atoms with Crippen LogP contribution < -0.4 is 5.32 Å². The van der Waals surface area contributed by atoms with E-state index in [1.54, 1.807) is 0 Å². The molecular formula is C17H36N2O4Si. The first-order valence-corrected chi connectivity index (χ1v) is 11.4. The molecule has 1 heterocycles. The Labute approximate surface area is 148 Å². The number of nitrogens with one attached hydrogen (secondary N) is 1. The fraction of sp³-hybridized carbons (Fsp3) is 0.941. The molecule has 1 saturated heterocycles. The van der Waals surface area contributed by atoms with Crippen LogP contribution in [-0.2, 0) is 13.3 Å². The van der Waals surface area contributed by atoms with E-state index in [-0.39, 0.29) is 11.6 Å². The molecule has 0 aromatic heterocycles. The van der Waals surface area contributed by atoms with Crippen molar-refractivity contribution >= 4 is 14.8 Å². The molecule has 142 valence electrons. The van der Waals surface area contributed by atoms with E-state index in [2.05, 4.69) is 33.0 Å². The van der Waals surface area contributed by atoms with Gasteiger partial charge in [0, 0.05) is 45.0 Å². The molecule has 1 unspecified atom stereocenters. The van der Waals surface area contributed by atoms with Gasteiger partial charge in [-0.05, 0) is 32.1 Å². The first-order chi connectivity index (χ1) is 11.6. The maximum Gasteiger partial charge on any atom is 0.504 e. The molecule has 1 N–H and O–H groups in total. The van der Waals surface area contributed by atoms with Crippen molar-refractivity contribution in [2.45, 2.75) is 65.3 Å². The molecule has 0 aliphatic carbocycles. The van der Waals surface area contributed by atoms with Gasteiger partial charge in [-0.25, -0.2) is 4.79 Å². The Morgan fingerprint density at radius 1 is 1.04 bits per heavy atom. The maximum absolute atomic E-state index is 11.8. The van der Waals surface area contributed by atoms with E-state index >= 15 is 0 Å². The van der Waals surface area contributed by atoms with E-state index < -0.39 is 8.80 Å². The summed E-state index contributed by atoms with van der Waals surface area (Å²) < 4.78 is 18.8. The van der Waals surface area contributed by atoms with Crippen molar-refractivity contribution in [3.63, 3.8) is 0 Å². The van der Waals surface area contributed by atoms with Gasteiger partial charge in [-0.15, -0.1) is 0 Å². The van der Waals surface area contributed by atoms with E-state index in [1.807, 2.05) is 4.90 Å². The van der Waals surface area contributed by atoms with Crippen molar-refractivity contribution in [2.24, 2.45) is 0 Å². The minimum Gasteiger partial charge on any atom is -0.373 e. The van der Waals surface area contributed by atoms with E-state index in [1.165, 1.54) is 0 Å². The molecule has 7 heteroatoms. The Bertz CT molecular complexity index is 336. The molecule has 2 amide bonds. The zero-order valence-corrected chi connectivity index (χ0v) is 16.9. The summed E-state index contributed by atoms with van der Waals surface area (Å²) in [5.74, 6) is 0. The summed E-state index contributed by atoms with van der Waals surface area (Å²) >= 11 is 0. The van der Waals surface area contributed by atoms with Crippen molar-refractivity contribution in [1.29, 1.82) is 0 Å². The highest BCUT2D eigenvalue weighted by molar-refractivity contribution is 6.62. The highest BCUT2D eigenvalue weighted by Gasteiger charge is 2.48. The molecule has 1 aliphatic heterocycles. The largest absolute Gasteiger partial charge is 0.504 e. The minimum absolute atomic E-state index is 0.0375. The molecule has 1 rings (SSSR count). The van der Waals surface area contributed by atoms with Gasteiger partial charge in [0.25, 0.3) is 0 Å². The molecule has 0 spiro atoms. The lowest BCUT2D eigenvalue weighted by Gasteiger charge is -2.36. The number of nitrogens with zero attached hydrogens (tertiary/aromatic N) is 1. The molecular weight excluding hydrogens is 324 g/mol. The molecule has 6 nitrogen and oxygen atoms in total. The summed E-state index contributed by atoms with van der Waals surface area (Å²) in [6.45, 7) is 12.7. The SMILES string of the molecule is CCCO[Si](OCCC)(OCCC)C(CC)CCN1CCNC1=O. The van der Waals surface area contributed by atoms with Crippen molar-refractivity contribution in [3.8, 4) is 0 Å². The number of rotatable bonds is 14. The zero-order chi connectivity index (χ0) is 17.8. The molecule has 1 aliphatic rings. The van der Waals surface area contributed by atoms with Crippen molar-refractivity contribution < 1.29 is 18.1 Å². The lowest BCUT2D eigenvalue weighted by molar-refractivity contribution is 0.0470. The normalized spacial score (nSPS) is 16.5. The van der Waals surface area contributed by atoms with Gasteiger partial charge >= 0.3 is 14.8 Å². The van der Waals surface area contributed by atoms with E-state index in [9.17, 15) is 4.79 Å². The molecule has 0 saturated carbocycles. The van der Waals surface area contributed by atoms with Gasteiger partial charge in [0.15, 0.2) is 0 Å². The number of amides is 2. The summed E-state index contributed by atoms with van der Waals surface area (Å²) in [5.41, 5.74) is 0.232. The van der Waals surface area contributed by atoms with Crippen LogP contribution in [0.25, 0.3) is 0 Å². The van der Waals surface area contributed by atoms with E-state index in [0.717, 1.165) is 51.7 Å². The Morgan fingerprint density at radius 2 is 1.58 bits per heavy atom. The third-order valence-corrected chi connectivity index (χ3v) is 7.72. The van der Waals surface area contributed by atoms with Crippen LogP contribution in [0.15, 0.2) is 0 Å². The monoisotopic (exact) mass is 360 g/mol. The minimum atomic E-state index is -2.74. The molecule has 1 atom stereocenters. The van der Waals surface area contributed by atoms with Crippen LogP contribution in [0.3, 0.4) is 0 Å². The summed E-state index contributed by atoms with van der Waals surface area (Å²) in [6, 6.07) is 0.0375. The van der Waals surface area contributed by atoms with Gasteiger partial charge in [0.05, 0.1) is 0 Å². The second kappa shape index (κ2) is 11.8. The smallest absolute Gasteiger partial charge is 0.373 e. The van der Waals surface area contributed by atoms with Crippen molar-refractivity contribution in [2.75, 3.05) is 39.5 Å². The summed E-state index contributed by atoms with van der Waals surface area (Å²) in [6.07, 6.45) is 4.66. The van der Waals surface area contributed by atoms with Gasteiger partial charge in [-0.3, -0.25) is 0 Å². The quantitative estimate of drug-likeness (QED) is 0.482. The molecule has 0 bridgehead atoms. The zero-order valence-electron chi connectivity index (χ0n) is 15.9. The second-order valence-corrected chi connectivity index (χ2v) is 9.15. The summed E-state index contributed by atoms with van der Waals surface area (Å²) in [7, 11) is -2.74. The van der Waals surface area contributed by atoms with Crippen LogP contribution in [-0.4, -0.2) is 59.2 Å². The van der Waals surface area contributed by atoms with E-state index in [0.29, 0.717) is 19.8 Å². The van der Waals surface area contributed by atoms with Crippen LogP contribution in [0.4, 0.5) is 4.79 Å². The lowest BCUT2D eigenvalue weighted by atomic mass is 10.2. The van der Waals surface area contributed by atoms with Crippen LogP contribution in [0.5, 0.6) is 0 Å². The van der Waals surface area contributed by atoms with Crippen molar-refractivity contribution in [1.82, 2.24) is 10.2 Å². The average molecular weight is 361 g/mol. The number of hydrogen-bond acceptors (Lipinski definition) is 4. The predicted molar refractivity (Wildman–Crippen MR) is 98.1 cm³/mol. The molecule has 24 heavy (non-hydrogen) atoms. The fourth-order valence-electron chi connectivity index (χ4n) is 2.88. The number of urea groups is 1. The first-order valence-electron chi connectivity index (χ1n) is 9.58. The van der Waals surface area contributed by atoms with Crippen LogP contribution in [0.1, 0.15) is 59.8 Å². The van der Waals surface area contributed by atoms with Gasteiger partial charge in [0.1, 0.15) is 0 Å². The number of hydrogen-bond donors (Lipinski definition) is 1. The Morgan fingerprint density at radius 3 is 1.96 bits per heavy atom. The predicted octanol–water partition coefficient (Wildman–Crippen LogP) is 3.40. The fourth-order valence-corrected chi connectivity index (χ4v) is 6.28. The lowest BCUT2D eigenvalue weighted by Crippen LogP contribution is -2.51. The molecule has 0 radical (unpaired) electrons. The Kier molecular flexibility index (Phi) is 10.6. The topological polar surface area (TPSA) is 60.0 Å².